The van der Waals surface area contributed by atoms with E-state index in [4.69, 9.17) is 33.3 Å². The molecule has 0 aromatic heterocycles. The average Bonchev–Trinajstić information content (AvgIpc) is 3.33. The fraction of sp³-hybridized carbons (Fsp3) is 0.708. The van der Waals surface area contributed by atoms with E-state index in [1.54, 1.807) is 0 Å². The molecule has 8 heteroatoms. The predicted molar refractivity (Wildman–Crippen MR) is 115 cm³/mol. The number of aryl methyl sites for hydroxylation is 3. The summed E-state index contributed by atoms with van der Waals surface area (Å²) in [5, 5.41) is 4.31. The zero-order valence-corrected chi connectivity index (χ0v) is 19.8. The third-order valence-corrected chi connectivity index (χ3v) is 6.30. The number of hydrogen-bond acceptors (Lipinski definition) is 8. The SMILES string of the molecule is Cc1cc(C)c(C2=NO[C@H](OC[C@H]3O[C@@H]4OC(C)(C)O[C@@H]4C4OC(C)(C)O[C@H]43)C2)c(C)c1. The van der Waals surface area contributed by atoms with E-state index in [0.29, 0.717) is 6.42 Å². The molecule has 32 heavy (non-hydrogen) atoms. The van der Waals surface area contributed by atoms with Gasteiger partial charge in [0.2, 0.25) is 6.29 Å². The second-order valence-electron chi connectivity index (χ2n) is 10.1. The topological polar surface area (TPSA) is 77.0 Å². The maximum absolute atomic E-state index is 6.21. The molecule has 4 aliphatic heterocycles. The van der Waals surface area contributed by atoms with E-state index in [1.807, 2.05) is 27.7 Å². The summed E-state index contributed by atoms with van der Waals surface area (Å²) in [5.41, 5.74) is 5.65. The van der Waals surface area contributed by atoms with Gasteiger partial charge < -0.3 is 33.3 Å². The molecule has 0 bridgehead atoms. The Morgan fingerprint density at radius 2 is 1.53 bits per heavy atom. The van der Waals surface area contributed by atoms with Gasteiger partial charge in [0.05, 0.1) is 18.7 Å². The molecule has 1 aromatic carbocycles. The summed E-state index contributed by atoms with van der Waals surface area (Å²) in [6.07, 6.45) is -1.79. The highest BCUT2D eigenvalue weighted by atomic mass is 16.9. The van der Waals surface area contributed by atoms with E-state index in [2.05, 4.69) is 38.1 Å². The molecule has 0 saturated carbocycles. The zero-order chi connectivity index (χ0) is 22.8. The molecule has 0 N–H and O–H groups in total. The first-order valence-electron chi connectivity index (χ1n) is 11.3. The van der Waals surface area contributed by atoms with Gasteiger partial charge in [-0.05, 0) is 59.6 Å². The van der Waals surface area contributed by atoms with Gasteiger partial charge in [-0.1, -0.05) is 22.9 Å². The Balaban J connectivity index is 1.25. The molecule has 3 fully saturated rings. The van der Waals surface area contributed by atoms with E-state index in [1.165, 1.54) is 16.7 Å². The van der Waals surface area contributed by atoms with Crippen LogP contribution in [0.25, 0.3) is 0 Å². The lowest BCUT2D eigenvalue weighted by atomic mass is 9.95. The second kappa shape index (κ2) is 7.75. The predicted octanol–water partition coefficient (Wildman–Crippen LogP) is 3.48. The van der Waals surface area contributed by atoms with Crippen molar-refractivity contribution in [3.05, 3.63) is 34.4 Å². The highest BCUT2D eigenvalue weighted by Gasteiger charge is 2.60. The van der Waals surface area contributed by atoms with Crippen LogP contribution in [0.4, 0.5) is 0 Å². The maximum Gasteiger partial charge on any atom is 0.232 e. The lowest BCUT2D eigenvalue weighted by molar-refractivity contribution is -0.254. The minimum Gasteiger partial charge on any atom is -0.363 e. The molecule has 176 valence electrons. The van der Waals surface area contributed by atoms with Crippen molar-refractivity contribution in [2.45, 2.75) is 103 Å². The van der Waals surface area contributed by atoms with Gasteiger partial charge in [0, 0.05) is 5.56 Å². The molecule has 0 aliphatic carbocycles. The van der Waals surface area contributed by atoms with E-state index in [0.717, 1.165) is 11.3 Å². The second-order valence-corrected chi connectivity index (χ2v) is 10.1. The molecular formula is C24H33NO7. The lowest BCUT2D eigenvalue weighted by Crippen LogP contribution is -2.56. The van der Waals surface area contributed by atoms with Crippen molar-refractivity contribution in [2.75, 3.05) is 6.61 Å². The Kier molecular flexibility index (Phi) is 5.39. The maximum atomic E-state index is 6.21. The number of benzene rings is 1. The largest absolute Gasteiger partial charge is 0.363 e. The summed E-state index contributed by atoms with van der Waals surface area (Å²) in [5.74, 6) is -1.48. The quantitative estimate of drug-likeness (QED) is 0.699. The van der Waals surface area contributed by atoms with E-state index >= 15 is 0 Å². The van der Waals surface area contributed by atoms with Crippen LogP contribution in [0.2, 0.25) is 0 Å². The third-order valence-electron chi connectivity index (χ3n) is 6.30. The van der Waals surface area contributed by atoms with Crippen LogP contribution >= 0.6 is 0 Å². The molecule has 4 heterocycles. The summed E-state index contributed by atoms with van der Waals surface area (Å²) in [6.45, 7) is 14.1. The zero-order valence-electron chi connectivity index (χ0n) is 19.8. The van der Waals surface area contributed by atoms with Crippen molar-refractivity contribution in [2.24, 2.45) is 5.16 Å². The lowest BCUT2D eigenvalue weighted by Gasteiger charge is -2.37. The average molecular weight is 448 g/mol. The molecule has 0 amide bonds. The highest BCUT2D eigenvalue weighted by Crippen LogP contribution is 2.44. The fourth-order valence-corrected chi connectivity index (χ4v) is 5.26. The molecule has 6 atom stereocenters. The summed E-state index contributed by atoms with van der Waals surface area (Å²) in [7, 11) is 0. The minimum absolute atomic E-state index is 0.271. The van der Waals surface area contributed by atoms with Gasteiger partial charge in [0.25, 0.3) is 0 Å². The van der Waals surface area contributed by atoms with Crippen LogP contribution in [0.15, 0.2) is 17.3 Å². The normalized spacial score (nSPS) is 37.0. The van der Waals surface area contributed by atoms with Crippen molar-refractivity contribution < 1.29 is 33.3 Å². The molecule has 1 unspecified atom stereocenters. The first-order chi connectivity index (χ1) is 15.0. The molecule has 1 aromatic rings. The van der Waals surface area contributed by atoms with Gasteiger partial charge >= 0.3 is 0 Å². The van der Waals surface area contributed by atoms with Gasteiger partial charge in [0.1, 0.15) is 24.4 Å². The highest BCUT2D eigenvalue weighted by molar-refractivity contribution is 6.03. The number of hydrogen-bond donors (Lipinski definition) is 0. The van der Waals surface area contributed by atoms with Gasteiger partial charge in [-0.15, -0.1) is 0 Å². The smallest absolute Gasteiger partial charge is 0.232 e. The first kappa shape index (κ1) is 22.3. The fourth-order valence-electron chi connectivity index (χ4n) is 5.26. The Morgan fingerprint density at radius 3 is 2.25 bits per heavy atom. The Labute approximate surface area is 189 Å². The number of rotatable bonds is 4. The summed E-state index contributed by atoms with van der Waals surface area (Å²) >= 11 is 0. The van der Waals surface area contributed by atoms with Gasteiger partial charge in [0.15, 0.2) is 17.9 Å². The van der Waals surface area contributed by atoms with Gasteiger partial charge in [-0.25, -0.2) is 0 Å². The molecular weight excluding hydrogens is 414 g/mol. The first-order valence-corrected chi connectivity index (χ1v) is 11.3. The van der Waals surface area contributed by atoms with E-state index in [9.17, 15) is 0 Å². The van der Waals surface area contributed by atoms with Gasteiger partial charge in [-0.3, -0.25) is 0 Å². The number of nitrogens with zero attached hydrogens (tertiary/aromatic N) is 1. The molecule has 0 radical (unpaired) electrons. The molecule has 5 rings (SSSR count). The number of fused-ring (bicyclic) bond motifs is 3. The van der Waals surface area contributed by atoms with Crippen molar-refractivity contribution in [3.8, 4) is 0 Å². The van der Waals surface area contributed by atoms with E-state index < -0.39 is 24.2 Å². The Hall–Kier alpha value is -1.55. The van der Waals surface area contributed by atoms with Crippen LogP contribution in [0, 0.1) is 20.8 Å². The Morgan fingerprint density at radius 1 is 0.906 bits per heavy atom. The third kappa shape index (κ3) is 4.08. The standard InChI is InChI=1S/C24H33NO7/c1-12-8-13(2)18(14(3)9-12)15-10-17(32-25-15)26-11-16-19-20(29-23(4,5)28-19)21-22(27-16)31-24(6,7)30-21/h8-9,16-17,19-22H,10-11H2,1-7H3/t16-,17+,19+,20?,21-,22-/m1/s1. The van der Waals surface area contributed by atoms with Crippen molar-refractivity contribution in [1.29, 1.82) is 0 Å². The van der Waals surface area contributed by atoms with E-state index in [-0.39, 0.29) is 31.0 Å². The van der Waals surface area contributed by atoms with Crippen LogP contribution in [-0.4, -0.2) is 60.9 Å². The number of ether oxygens (including phenoxy) is 6. The van der Waals surface area contributed by atoms with Crippen LogP contribution in [0.1, 0.15) is 56.4 Å². The molecule has 8 nitrogen and oxygen atoms in total. The van der Waals surface area contributed by atoms with Crippen LogP contribution < -0.4 is 0 Å². The van der Waals surface area contributed by atoms with Crippen molar-refractivity contribution >= 4 is 5.71 Å². The molecule has 3 saturated heterocycles. The van der Waals surface area contributed by atoms with Crippen LogP contribution in [-0.2, 0) is 33.3 Å². The number of oxime groups is 1. The summed E-state index contributed by atoms with van der Waals surface area (Å²) < 4.78 is 36.6. The summed E-state index contributed by atoms with van der Waals surface area (Å²) in [4.78, 5) is 5.61. The van der Waals surface area contributed by atoms with Gasteiger partial charge in [-0.2, -0.15) is 0 Å². The van der Waals surface area contributed by atoms with Crippen LogP contribution in [0.3, 0.4) is 0 Å². The van der Waals surface area contributed by atoms with Crippen molar-refractivity contribution in [3.63, 3.8) is 0 Å². The monoisotopic (exact) mass is 447 g/mol. The van der Waals surface area contributed by atoms with Crippen LogP contribution in [0.5, 0.6) is 0 Å². The summed E-state index contributed by atoms with van der Waals surface area (Å²) in [6, 6.07) is 4.33. The molecule has 0 spiro atoms. The molecule has 4 aliphatic rings. The minimum atomic E-state index is -0.743. The van der Waals surface area contributed by atoms with Crippen molar-refractivity contribution in [1.82, 2.24) is 0 Å². The Bertz CT molecular complexity index is 904.